The molecule has 0 saturated carbocycles. The highest BCUT2D eigenvalue weighted by atomic mass is 28.3. The van der Waals surface area contributed by atoms with Crippen LogP contribution in [0, 0.1) is 11.5 Å². The Bertz CT molecular complexity index is 1630. The van der Waals surface area contributed by atoms with Gasteiger partial charge in [-0.1, -0.05) is 68.0 Å². The van der Waals surface area contributed by atoms with Crippen LogP contribution < -0.4 is 15.8 Å². The van der Waals surface area contributed by atoms with Gasteiger partial charge in [0.2, 0.25) is 11.9 Å². The molecule has 5 aromatic rings. The summed E-state index contributed by atoms with van der Waals surface area (Å²) in [6.45, 7) is 7.26. The van der Waals surface area contributed by atoms with Gasteiger partial charge in [0.25, 0.3) is 0 Å². The Kier molecular flexibility index (Phi) is 6.08. The Morgan fingerprint density at radius 3 is 2.47 bits per heavy atom. The molecule has 0 bridgehead atoms. The van der Waals surface area contributed by atoms with Crippen molar-refractivity contribution in [1.29, 1.82) is 0 Å². The summed E-state index contributed by atoms with van der Waals surface area (Å²) in [5.41, 5.74) is 14.1. The topological polar surface area (TPSA) is 90.9 Å². The first kappa shape index (κ1) is 23.4. The quantitative estimate of drug-likeness (QED) is 0.252. The number of anilines is 2. The van der Waals surface area contributed by atoms with E-state index in [4.69, 9.17) is 20.4 Å². The van der Waals surface area contributed by atoms with Crippen molar-refractivity contribution in [3.8, 4) is 23.2 Å². The number of hydrogen-bond donors (Lipinski definition) is 2. The molecule has 0 unspecified atom stereocenters. The van der Waals surface area contributed by atoms with Crippen molar-refractivity contribution in [3.05, 3.63) is 77.9 Å². The van der Waals surface area contributed by atoms with Crippen LogP contribution >= 0.6 is 0 Å². The Hall–Kier alpha value is -4.35. The predicted octanol–water partition coefficient (Wildman–Crippen LogP) is 5.40. The van der Waals surface area contributed by atoms with Crippen LogP contribution in [-0.2, 0) is 6.54 Å². The molecule has 0 amide bonds. The molecular formula is C28H28N6OSi. The second-order valence-corrected chi connectivity index (χ2v) is 14.3. The third-order valence-electron chi connectivity index (χ3n) is 5.64. The Morgan fingerprint density at radius 1 is 0.972 bits per heavy atom. The van der Waals surface area contributed by atoms with E-state index in [0.29, 0.717) is 35.5 Å². The number of imidazole rings is 1. The molecule has 0 atom stereocenters. The van der Waals surface area contributed by atoms with Gasteiger partial charge in [-0.15, -0.1) is 5.54 Å². The molecule has 0 radical (unpaired) electrons. The molecule has 0 saturated heterocycles. The normalized spacial score (nSPS) is 11.3. The summed E-state index contributed by atoms with van der Waals surface area (Å²) in [7, 11) is 0.0845. The molecule has 8 heteroatoms. The molecule has 3 N–H and O–H groups in total. The predicted molar refractivity (Wildman–Crippen MR) is 149 cm³/mol. The van der Waals surface area contributed by atoms with E-state index in [1.807, 2.05) is 54.6 Å². The first-order chi connectivity index (χ1) is 17.3. The number of rotatable bonds is 5. The van der Waals surface area contributed by atoms with Gasteiger partial charge >= 0.3 is 0 Å². The Labute approximate surface area is 211 Å². The molecule has 0 spiro atoms. The van der Waals surface area contributed by atoms with Crippen molar-refractivity contribution >= 4 is 41.8 Å². The summed E-state index contributed by atoms with van der Waals surface area (Å²) in [6, 6.07) is 21.9. The summed E-state index contributed by atoms with van der Waals surface area (Å²) in [4.78, 5) is 14.3. The Morgan fingerprint density at radius 2 is 1.72 bits per heavy atom. The average molecular weight is 493 g/mol. The highest BCUT2D eigenvalue weighted by molar-refractivity contribution is 6.83. The molecule has 180 valence electrons. The van der Waals surface area contributed by atoms with Crippen LogP contribution in [0.5, 0.6) is 5.75 Å². The largest absolute Gasteiger partial charge is 0.494 e. The van der Waals surface area contributed by atoms with Crippen molar-refractivity contribution in [2.75, 3.05) is 18.2 Å². The van der Waals surface area contributed by atoms with Crippen molar-refractivity contribution in [3.63, 3.8) is 0 Å². The van der Waals surface area contributed by atoms with Crippen molar-refractivity contribution < 1.29 is 4.74 Å². The van der Waals surface area contributed by atoms with Gasteiger partial charge in [-0.25, -0.2) is 14.5 Å². The summed E-state index contributed by atoms with van der Waals surface area (Å²) in [6.07, 6.45) is 0. The molecule has 0 aliphatic rings. The lowest BCUT2D eigenvalue weighted by molar-refractivity contribution is 0.418. The van der Waals surface area contributed by atoms with E-state index in [1.54, 1.807) is 11.7 Å². The van der Waals surface area contributed by atoms with Crippen LogP contribution in [-0.4, -0.2) is 34.7 Å². The van der Waals surface area contributed by atoms with E-state index < -0.39 is 8.07 Å². The van der Waals surface area contributed by atoms with E-state index in [9.17, 15) is 0 Å². The number of aromatic nitrogens is 4. The molecule has 7 nitrogen and oxygen atoms in total. The lowest BCUT2D eigenvalue weighted by Gasteiger charge is -2.15. The highest BCUT2D eigenvalue weighted by Crippen LogP contribution is 2.32. The zero-order chi connectivity index (χ0) is 25.3. The van der Waals surface area contributed by atoms with E-state index in [1.165, 1.54) is 0 Å². The first-order valence-corrected chi connectivity index (χ1v) is 15.3. The van der Waals surface area contributed by atoms with Crippen LogP contribution in [0.1, 0.15) is 11.1 Å². The van der Waals surface area contributed by atoms with Crippen LogP contribution in [0.15, 0.2) is 66.7 Å². The number of benzene rings is 3. The number of ether oxygens (including phenoxy) is 1. The van der Waals surface area contributed by atoms with E-state index >= 15 is 0 Å². The minimum atomic E-state index is -1.56. The second-order valence-electron chi connectivity index (χ2n) is 9.58. The molecular weight excluding hydrogens is 464 g/mol. The van der Waals surface area contributed by atoms with Crippen LogP contribution in [0.3, 0.4) is 0 Å². The summed E-state index contributed by atoms with van der Waals surface area (Å²) in [5, 5.41) is 4.33. The van der Waals surface area contributed by atoms with Crippen molar-refractivity contribution in [2.45, 2.75) is 26.2 Å². The zero-order valence-corrected chi connectivity index (χ0v) is 21.8. The lowest BCUT2D eigenvalue weighted by Crippen LogP contribution is -2.16. The number of methoxy groups -OCH3 is 1. The van der Waals surface area contributed by atoms with Gasteiger partial charge in [-0.05, 0) is 29.8 Å². The fraction of sp³-hybridized carbons (Fsp3) is 0.179. The third-order valence-corrected chi connectivity index (χ3v) is 6.52. The van der Waals surface area contributed by atoms with Gasteiger partial charge in [-0.2, -0.15) is 4.98 Å². The van der Waals surface area contributed by atoms with Gasteiger partial charge in [0, 0.05) is 17.5 Å². The van der Waals surface area contributed by atoms with Crippen LogP contribution in [0.2, 0.25) is 19.6 Å². The number of nitrogens with zero attached hydrogens (tertiary/aromatic N) is 4. The molecule has 5 rings (SSSR count). The number of nitrogen functional groups attached to an aromatic ring is 1. The minimum Gasteiger partial charge on any atom is -0.494 e. The Balaban J connectivity index is 1.73. The number of nitrogens with two attached hydrogens (primary N) is 1. The maximum absolute atomic E-state index is 6.33. The van der Waals surface area contributed by atoms with E-state index in [0.717, 1.165) is 27.5 Å². The lowest BCUT2D eigenvalue weighted by atomic mass is 10.1. The smallest absolute Gasteiger partial charge is 0.239 e. The van der Waals surface area contributed by atoms with Crippen molar-refractivity contribution in [1.82, 2.24) is 19.5 Å². The van der Waals surface area contributed by atoms with Gasteiger partial charge in [0.05, 0.1) is 18.1 Å². The molecule has 36 heavy (non-hydrogen) atoms. The standard InChI is InChI=1S/C28H28N6OSi/c1-35-24-17-20(14-15-36(2,3)4)16-21-25(24)32-28(33-26(21)30-18-19-10-6-5-7-11-19)34-23-13-9-8-12-22(23)31-27(34)29/h5-13,16-17H,18H2,1-4H3,(H2,29,31)(H,30,32,33). The van der Waals surface area contributed by atoms with E-state index in [2.05, 4.69) is 53.5 Å². The zero-order valence-electron chi connectivity index (χ0n) is 20.8. The average Bonchev–Trinajstić information content (AvgIpc) is 3.21. The molecule has 0 fully saturated rings. The van der Waals surface area contributed by atoms with Gasteiger partial charge in [-0.3, -0.25) is 0 Å². The van der Waals surface area contributed by atoms with Gasteiger partial charge < -0.3 is 15.8 Å². The number of fused-ring (bicyclic) bond motifs is 2. The minimum absolute atomic E-state index is 0.321. The first-order valence-electron chi connectivity index (χ1n) is 11.8. The summed E-state index contributed by atoms with van der Waals surface area (Å²) >= 11 is 0. The molecule has 0 aliphatic heterocycles. The second kappa shape index (κ2) is 9.36. The summed E-state index contributed by atoms with van der Waals surface area (Å²) in [5.74, 6) is 5.38. The number of hydrogen-bond acceptors (Lipinski definition) is 6. The van der Waals surface area contributed by atoms with Crippen LogP contribution in [0.4, 0.5) is 11.8 Å². The maximum atomic E-state index is 6.33. The fourth-order valence-corrected chi connectivity index (χ4v) is 4.47. The molecule has 3 aromatic carbocycles. The number of para-hydroxylation sites is 2. The third kappa shape index (κ3) is 4.74. The van der Waals surface area contributed by atoms with Crippen LogP contribution in [0.25, 0.3) is 27.9 Å². The van der Waals surface area contributed by atoms with E-state index in [-0.39, 0.29) is 0 Å². The fourth-order valence-electron chi connectivity index (χ4n) is 3.95. The monoisotopic (exact) mass is 492 g/mol. The van der Waals surface area contributed by atoms with Crippen molar-refractivity contribution in [2.24, 2.45) is 0 Å². The van der Waals surface area contributed by atoms with Gasteiger partial charge in [0.1, 0.15) is 25.2 Å². The highest BCUT2D eigenvalue weighted by Gasteiger charge is 2.18. The SMILES string of the molecule is COc1cc(C#C[Si](C)(C)C)cc2c(NCc3ccccc3)nc(-n3c(N)nc4ccccc43)nc12. The van der Waals surface area contributed by atoms with Gasteiger partial charge in [0.15, 0.2) is 0 Å². The molecule has 2 heterocycles. The number of nitrogens with one attached hydrogen (secondary N) is 1. The molecule has 0 aliphatic carbocycles. The summed E-state index contributed by atoms with van der Waals surface area (Å²) < 4.78 is 7.54. The maximum Gasteiger partial charge on any atom is 0.239 e. The molecule has 2 aromatic heterocycles.